The summed E-state index contributed by atoms with van der Waals surface area (Å²) in [5.41, 5.74) is 0.618. The zero-order chi connectivity index (χ0) is 20.9. The van der Waals surface area contributed by atoms with Gasteiger partial charge in [0, 0.05) is 35.8 Å². The molecule has 7 nitrogen and oxygen atoms in total. The van der Waals surface area contributed by atoms with E-state index in [9.17, 15) is 9.59 Å². The van der Waals surface area contributed by atoms with Crippen LogP contribution in [0.15, 0.2) is 24.3 Å². The van der Waals surface area contributed by atoms with Crippen LogP contribution in [-0.4, -0.2) is 46.2 Å². The highest BCUT2D eigenvalue weighted by Crippen LogP contribution is 2.30. The molecular formula is C21H26ClN5O2S. The molecule has 30 heavy (non-hydrogen) atoms. The molecule has 9 heteroatoms. The van der Waals surface area contributed by atoms with Gasteiger partial charge in [0.1, 0.15) is 5.01 Å². The molecule has 1 aliphatic heterocycles. The number of halogens is 1. The Hall–Kier alpha value is -2.19. The molecule has 2 heterocycles. The van der Waals surface area contributed by atoms with Crippen molar-refractivity contribution < 1.29 is 9.59 Å². The SMILES string of the molecule is O=C(Nc1cccc(Cl)c1)c1nnc([C@@H]2CCCN(C(=O)NC3CCCCC3)C2)s1. The van der Waals surface area contributed by atoms with Crippen LogP contribution in [-0.2, 0) is 0 Å². The standard InChI is InChI=1S/C21H26ClN5O2S/c22-15-7-4-10-17(12-15)23-18(28)20-26-25-19(30-20)14-6-5-11-27(13-14)21(29)24-16-8-2-1-3-9-16/h4,7,10,12,14,16H,1-3,5-6,8-9,11,13H2,(H,23,28)(H,24,29)/t14-/m1/s1. The first-order valence-corrected chi connectivity index (χ1v) is 11.7. The number of hydrogen-bond donors (Lipinski definition) is 2. The smallest absolute Gasteiger partial charge is 0.317 e. The maximum atomic E-state index is 12.7. The summed E-state index contributed by atoms with van der Waals surface area (Å²) in [4.78, 5) is 27.1. The fourth-order valence-electron chi connectivity index (χ4n) is 4.12. The number of anilines is 1. The van der Waals surface area contributed by atoms with Gasteiger partial charge in [0.05, 0.1) is 0 Å². The highest BCUT2D eigenvalue weighted by Gasteiger charge is 2.29. The van der Waals surface area contributed by atoms with E-state index in [1.807, 2.05) is 4.90 Å². The third-order valence-corrected chi connectivity index (χ3v) is 7.03. The summed E-state index contributed by atoms with van der Waals surface area (Å²) in [5, 5.41) is 16.0. The predicted molar refractivity (Wildman–Crippen MR) is 118 cm³/mol. The Morgan fingerprint density at radius 1 is 1.10 bits per heavy atom. The van der Waals surface area contributed by atoms with Gasteiger partial charge in [-0.2, -0.15) is 0 Å². The van der Waals surface area contributed by atoms with Gasteiger partial charge >= 0.3 is 6.03 Å². The van der Waals surface area contributed by atoms with Crippen LogP contribution >= 0.6 is 22.9 Å². The maximum Gasteiger partial charge on any atom is 0.317 e. The number of benzene rings is 1. The van der Waals surface area contributed by atoms with Crippen molar-refractivity contribution in [1.29, 1.82) is 0 Å². The molecule has 2 aromatic rings. The lowest BCUT2D eigenvalue weighted by molar-refractivity contribution is 0.102. The molecule has 2 N–H and O–H groups in total. The average Bonchev–Trinajstić information content (AvgIpc) is 3.25. The Labute approximate surface area is 185 Å². The molecule has 2 aliphatic rings. The predicted octanol–water partition coefficient (Wildman–Crippen LogP) is 4.67. The molecule has 1 saturated carbocycles. The summed E-state index contributed by atoms with van der Waals surface area (Å²) < 4.78 is 0. The second kappa shape index (κ2) is 9.75. The number of hydrogen-bond acceptors (Lipinski definition) is 5. The van der Waals surface area contributed by atoms with Gasteiger partial charge in [-0.25, -0.2) is 4.79 Å². The van der Waals surface area contributed by atoms with E-state index in [-0.39, 0.29) is 17.9 Å². The topological polar surface area (TPSA) is 87.2 Å². The lowest BCUT2D eigenvalue weighted by Crippen LogP contribution is -2.48. The molecule has 0 radical (unpaired) electrons. The van der Waals surface area contributed by atoms with Crippen molar-refractivity contribution in [3.8, 4) is 0 Å². The number of carbonyl (C=O) groups is 2. The van der Waals surface area contributed by atoms with E-state index in [2.05, 4.69) is 20.8 Å². The molecule has 3 amide bonds. The Bertz CT molecular complexity index is 899. The number of nitrogens with one attached hydrogen (secondary N) is 2. The number of likely N-dealkylation sites (tertiary alicyclic amines) is 1. The highest BCUT2D eigenvalue weighted by atomic mass is 35.5. The lowest BCUT2D eigenvalue weighted by atomic mass is 9.95. The number of nitrogens with zero attached hydrogens (tertiary/aromatic N) is 3. The third-order valence-electron chi connectivity index (χ3n) is 5.71. The van der Waals surface area contributed by atoms with Gasteiger partial charge < -0.3 is 15.5 Å². The molecule has 1 saturated heterocycles. The fraction of sp³-hybridized carbons (Fsp3) is 0.524. The van der Waals surface area contributed by atoms with E-state index < -0.39 is 0 Å². The van der Waals surface area contributed by atoms with Crippen LogP contribution in [0.3, 0.4) is 0 Å². The second-order valence-corrected chi connectivity index (χ2v) is 9.43. The van der Waals surface area contributed by atoms with Crippen LogP contribution in [0.5, 0.6) is 0 Å². The largest absolute Gasteiger partial charge is 0.335 e. The van der Waals surface area contributed by atoms with Crippen LogP contribution in [0.25, 0.3) is 0 Å². The molecule has 160 valence electrons. The Balaban J connectivity index is 1.35. The van der Waals surface area contributed by atoms with Gasteiger partial charge in [0.15, 0.2) is 0 Å². The zero-order valence-corrected chi connectivity index (χ0v) is 18.3. The van der Waals surface area contributed by atoms with E-state index >= 15 is 0 Å². The van der Waals surface area contributed by atoms with Crippen molar-refractivity contribution in [3.63, 3.8) is 0 Å². The first-order valence-electron chi connectivity index (χ1n) is 10.5. The average molecular weight is 448 g/mol. The summed E-state index contributed by atoms with van der Waals surface area (Å²) in [6.07, 6.45) is 7.67. The van der Waals surface area contributed by atoms with Crippen molar-refractivity contribution in [1.82, 2.24) is 20.4 Å². The number of rotatable bonds is 4. The van der Waals surface area contributed by atoms with Gasteiger partial charge in [-0.15, -0.1) is 10.2 Å². The van der Waals surface area contributed by atoms with Crippen LogP contribution in [0.2, 0.25) is 5.02 Å². The third kappa shape index (κ3) is 5.29. The molecule has 0 unspecified atom stereocenters. The minimum Gasteiger partial charge on any atom is -0.335 e. The molecule has 1 atom stereocenters. The second-order valence-electron chi connectivity index (χ2n) is 7.98. The van der Waals surface area contributed by atoms with Gasteiger partial charge in [-0.05, 0) is 43.9 Å². The fourth-order valence-corrected chi connectivity index (χ4v) is 5.17. The Morgan fingerprint density at radius 2 is 1.93 bits per heavy atom. The van der Waals surface area contributed by atoms with Crippen molar-refractivity contribution in [2.75, 3.05) is 18.4 Å². The van der Waals surface area contributed by atoms with E-state index in [0.717, 1.165) is 37.2 Å². The first kappa shape index (κ1) is 21.1. The van der Waals surface area contributed by atoms with Gasteiger partial charge in [-0.1, -0.05) is 48.3 Å². The molecule has 1 aromatic carbocycles. The van der Waals surface area contributed by atoms with Crippen LogP contribution in [0.4, 0.5) is 10.5 Å². The summed E-state index contributed by atoms with van der Waals surface area (Å²) in [5.74, 6) is -0.190. The molecule has 2 fully saturated rings. The quantitative estimate of drug-likeness (QED) is 0.713. The molecule has 1 aromatic heterocycles. The Morgan fingerprint density at radius 3 is 2.73 bits per heavy atom. The normalized spacial score (nSPS) is 20.0. The van der Waals surface area contributed by atoms with Crippen LogP contribution in [0.1, 0.15) is 65.7 Å². The van der Waals surface area contributed by atoms with Crippen LogP contribution in [0, 0.1) is 0 Å². The molecule has 0 spiro atoms. The molecule has 1 aliphatic carbocycles. The monoisotopic (exact) mass is 447 g/mol. The van der Waals surface area contributed by atoms with Crippen molar-refractivity contribution in [2.24, 2.45) is 0 Å². The number of carbonyl (C=O) groups excluding carboxylic acids is 2. The summed E-state index contributed by atoms with van der Waals surface area (Å²) >= 11 is 7.26. The maximum absolute atomic E-state index is 12.7. The molecular weight excluding hydrogens is 422 g/mol. The van der Waals surface area contributed by atoms with Crippen molar-refractivity contribution in [2.45, 2.75) is 56.9 Å². The van der Waals surface area contributed by atoms with E-state index in [4.69, 9.17) is 11.6 Å². The minimum atomic E-state index is -0.302. The summed E-state index contributed by atoms with van der Waals surface area (Å²) in [6.45, 7) is 1.37. The van der Waals surface area contributed by atoms with E-state index in [0.29, 0.717) is 28.3 Å². The highest BCUT2D eigenvalue weighted by molar-refractivity contribution is 7.13. The van der Waals surface area contributed by atoms with E-state index in [1.54, 1.807) is 24.3 Å². The molecule has 4 rings (SSSR count). The number of piperidine rings is 1. The minimum absolute atomic E-state index is 0.0232. The first-order chi connectivity index (χ1) is 14.6. The van der Waals surface area contributed by atoms with Crippen LogP contribution < -0.4 is 10.6 Å². The number of urea groups is 1. The van der Waals surface area contributed by atoms with E-state index in [1.165, 1.54) is 30.6 Å². The lowest BCUT2D eigenvalue weighted by Gasteiger charge is -2.33. The number of amides is 3. The number of aromatic nitrogens is 2. The summed E-state index contributed by atoms with van der Waals surface area (Å²) in [6, 6.07) is 7.31. The van der Waals surface area contributed by atoms with Crippen molar-refractivity contribution in [3.05, 3.63) is 39.3 Å². The van der Waals surface area contributed by atoms with Gasteiger partial charge in [0.2, 0.25) is 5.01 Å². The zero-order valence-electron chi connectivity index (χ0n) is 16.8. The van der Waals surface area contributed by atoms with Gasteiger partial charge in [-0.3, -0.25) is 4.79 Å². The summed E-state index contributed by atoms with van der Waals surface area (Å²) in [7, 11) is 0. The Kier molecular flexibility index (Phi) is 6.84. The van der Waals surface area contributed by atoms with Crippen molar-refractivity contribution >= 4 is 40.6 Å². The van der Waals surface area contributed by atoms with Gasteiger partial charge in [0.25, 0.3) is 5.91 Å². The molecule has 0 bridgehead atoms.